The zero-order chi connectivity index (χ0) is 13.2. The van der Waals surface area contributed by atoms with Gasteiger partial charge in [-0.1, -0.05) is 18.2 Å². The van der Waals surface area contributed by atoms with Gasteiger partial charge in [-0.05, 0) is 25.1 Å². The van der Waals surface area contributed by atoms with Gasteiger partial charge in [-0.3, -0.25) is 0 Å². The molecule has 0 saturated carbocycles. The van der Waals surface area contributed by atoms with E-state index in [2.05, 4.69) is 10.1 Å². The Morgan fingerprint density at radius 1 is 1.21 bits per heavy atom. The third kappa shape index (κ3) is 2.30. The van der Waals surface area contributed by atoms with E-state index in [9.17, 15) is 0 Å². The van der Waals surface area contributed by atoms with Gasteiger partial charge in [0.1, 0.15) is 0 Å². The van der Waals surface area contributed by atoms with Gasteiger partial charge < -0.3 is 5.73 Å². The highest BCUT2D eigenvalue weighted by atomic mass is 32.1. The molecule has 1 unspecified atom stereocenters. The van der Waals surface area contributed by atoms with Crippen molar-refractivity contribution in [2.75, 3.05) is 0 Å². The Labute approximate surface area is 115 Å². The predicted octanol–water partition coefficient (Wildman–Crippen LogP) is 2.69. The number of hydrogen-bond donors (Lipinski definition) is 1. The van der Waals surface area contributed by atoms with E-state index in [1.54, 1.807) is 17.5 Å². The molecule has 0 fully saturated rings. The number of aryl methyl sites for hydroxylation is 1. The topological polar surface area (TPSA) is 56.7 Å². The first-order valence-corrected chi connectivity index (χ1v) is 6.90. The fraction of sp³-hybridized carbons (Fsp3) is 0.143. The Morgan fingerprint density at radius 3 is 2.68 bits per heavy atom. The number of thiazole rings is 1. The van der Waals surface area contributed by atoms with Crippen molar-refractivity contribution in [3.8, 4) is 5.69 Å². The van der Waals surface area contributed by atoms with Crippen LogP contribution >= 0.6 is 11.3 Å². The molecule has 96 valence electrons. The van der Waals surface area contributed by atoms with Crippen LogP contribution in [0.1, 0.15) is 22.4 Å². The van der Waals surface area contributed by atoms with Gasteiger partial charge in [0.2, 0.25) is 0 Å². The Balaban J connectivity index is 2.01. The van der Waals surface area contributed by atoms with Gasteiger partial charge in [-0.25, -0.2) is 9.67 Å². The Hall–Kier alpha value is -1.98. The van der Waals surface area contributed by atoms with Crippen molar-refractivity contribution < 1.29 is 0 Å². The smallest absolute Gasteiger partial charge is 0.0910 e. The van der Waals surface area contributed by atoms with Crippen molar-refractivity contribution in [3.05, 3.63) is 64.4 Å². The van der Waals surface area contributed by atoms with Crippen molar-refractivity contribution >= 4 is 11.3 Å². The molecular weight excluding hydrogens is 256 g/mol. The summed E-state index contributed by atoms with van der Waals surface area (Å²) in [4.78, 5) is 4.45. The van der Waals surface area contributed by atoms with E-state index in [1.807, 2.05) is 53.4 Å². The highest BCUT2D eigenvalue weighted by molar-refractivity contribution is 7.09. The molecular formula is C14H14N4S. The third-order valence-electron chi connectivity index (χ3n) is 2.95. The van der Waals surface area contributed by atoms with Crippen molar-refractivity contribution in [1.82, 2.24) is 14.8 Å². The van der Waals surface area contributed by atoms with Gasteiger partial charge in [-0.15, -0.1) is 11.3 Å². The molecule has 2 aromatic heterocycles. The maximum Gasteiger partial charge on any atom is 0.0910 e. The summed E-state index contributed by atoms with van der Waals surface area (Å²) in [5.74, 6) is 0. The van der Waals surface area contributed by atoms with Crippen molar-refractivity contribution in [3.63, 3.8) is 0 Å². The number of benzene rings is 1. The molecule has 0 aliphatic rings. The van der Waals surface area contributed by atoms with E-state index in [0.717, 1.165) is 22.1 Å². The van der Waals surface area contributed by atoms with E-state index in [4.69, 9.17) is 5.73 Å². The average Bonchev–Trinajstić information content (AvgIpc) is 3.07. The van der Waals surface area contributed by atoms with E-state index < -0.39 is 0 Å². The minimum absolute atomic E-state index is 0.257. The second-order valence-corrected chi connectivity index (χ2v) is 5.33. The van der Waals surface area contributed by atoms with E-state index in [0.29, 0.717) is 0 Å². The van der Waals surface area contributed by atoms with Crippen molar-refractivity contribution in [2.45, 2.75) is 13.0 Å². The largest absolute Gasteiger partial charge is 0.318 e. The van der Waals surface area contributed by atoms with E-state index in [-0.39, 0.29) is 6.04 Å². The number of hydrogen-bond acceptors (Lipinski definition) is 4. The second-order valence-electron chi connectivity index (χ2n) is 4.27. The summed E-state index contributed by atoms with van der Waals surface area (Å²) >= 11 is 1.61. The zero-order valence-corrected chi connectivity index (χ0v) is 11.3. The van der Waals surface area contributed by atoms with Crippen LogP contribution in [-0.4, -0.2) is 14.8 Å². The molecule has 0 aliphatic heterocycles. The summed E-state index contributed by atoms with van der Waals surface area (Å²) < 4.78 is 1.86. The van der Waals surface area contributed by atoms with Crippen LogP contribution in [0.2, 0.25) is 0 Å². The van der Waals surface area contributed by atoms with Gasteiger partial charge in [0.05, 0.1) is 28.1 Å². The van der Waals surface area contributed by atoms with Gasteiger partial charge in [0, 0.05) is 11.6 Å². The number of nitrogens with zero attached hydrogens (tertiary/aromatic N) is 3. The van der Waals surface area contributed by atoms with Gasteiger partial charge in [-0.2, -0.15) is 5.10 Å². The molecule has 0 bridgehead atoms. The summed E-state index contributed by atoms with van der Waals surface area (Å²) in [6, 6.07) is 11.7. The molecule has 0 saturated heterocycles. The fourth-order valence-electron chi connectivity index (χ4n) is 2.01. The molecule has 1 aromatic carbocycles. The SMILES string of the molecule is Cc1nc(C(N)c2ccnn2-c2ccccc2)cs1. The maximum atomic E-state index is 6.30. The van der Waals surface area contributed by atoms with Crippen LogP contribution in [0.4, 0.5) is 0 Å². The lowest BCUT2D eigenvalue weighted by molar-refractivity contribution is 0.725. The maximum absolute atomic E-state index is 6.30. The molecule has 1 atom stereocenters. The second kappa shape index (κ2) is 4.95. The molecule has 0 radical (unpaired) electrons. The third-order valence-corrected chi connectivity index (χ3v) is 3.74. The first-order chi connectivity index (χ1) is 9.25. The molecule has 3 rings (SSSR count). The van der Waals surface area contributed by atoms with Crippen LogP contribution in [0, 0.1) is 6.92 Å². The van der Waals surface area contributed by atoms with Crippen LogP contribution in [0.3, 0.4) is 0 Å². The standard InChI is InChI=1S/C14H14N4S/c1-10-17-12(9-19-10)14(15)13-7-8-16-18(13)11-5-3-2-4-6-11/h2-9,14H,15H2,1H3. The highest BCUT2D eigenvalue weighted by Crippen LogP contribution is 2.23. The minimum atomic E-state index is -0.257. The summed E-state index contributed by atoms with van der Waals surface area (Å²) in [5, 5.41) is 7.38. The Morgan fingerprint density at radius 2 is 2.00 bits per heavy atom. The van der Waals surface area contributed by atoms with Crippen LogP contribution in [0.25, 0.3) is 5.69 Å². The van der Waals surface area contributed by atoms with Crippen LogP contribution in [0.5, 0.6) is 0 Å². The number of para-hydroxylation sites is 1. The molecule has 5 heteroatoms. The molecule has 19 heavy (non-hydrogen) atoms. The van der Waals surface area contributed by atoms with Gasteiger partial charge in [0.25, 0.3) is 0 Å². The molecule has 0 spiro atoms. The zero-order valence-electron chi connectivity index (χ0n) is 10.5. The highest BCUT2D eigenvalue weighted by Gasteiger charge is 2.17. The summed E-state index contributed by atoms with van der Waals surface area (Å²) in [6.45, 7) is 1.98. The number of aromatic nitrogens is 3. The molecule has 0 aliphatic carbocycles. The lowest BCUT2D eigenvalue weighted by Crippen LogP contribution is -2.17. The Kier molecular flexibility index (Phi) is 3.15. The number of rotatable bonds is 3. The summed E-state index contributed by atoms with van der Waals surface area (Å²) in [5.41, 5.74) is 9.13. The van der Waals surface area contributed by atoms with Gasteiger partial charge in [0.15, 0.2) is 0 Å². The lowest BCUT2D eigenvalue weighted by atomic mass is 10.1. The van der Waals surface area contributed by atoms with Crippen LogP contribution < -0.4 is 5.73 Å². The Bertz CT molecular complexity index is 672. The summed E-state index contributed by atoms with van der Waals surface area (Å²) in [6.07, 6.45) is 1.77. The number of nitrogens with two attached hydrogens (primary N) is 1. The first kappa shape index (κ1) is 12.1. The lowest BCUT2D eigenvalue weighted by Gasteiger charge is -2.12. The molecule has 4 nitrogen and oxygen atoms in total. The van der Waals surface area contributed by atoms with E-state index in [1.165, 1.54) is 0 Å². The quantitative estimate of drug-likeness (QED) is 0.796. The van der Waals surface area contributed by atoms with Crippen LogP contribution in [-0.2, 0) is 0 Å². The predicted molar refractivity (Wildman–Crippen MR) is 76.4 cm³/mol. The van der Waals surface area contributed by atoms with E-state index >= 15 is 0 Å². The van der Waals surface area contributed by atoms with Crippen LogP contribution in [0.15, 0.2) is 48.0 Å². The fourth-order valence-corrected chi connectivity index (χ4v) is 2.66. The average molecular weight is 270 g/mol. The molecule has 0 amide bonds. The monoisotopic (exact) mass is 270 g/mol. The minimum Gasteiger partial charge on any atom is -0.318 e. The van der Waals surface area contributed by atoms with Crippen molar-refractivity contribution in [1.29, 1.82) is 0 Å². The normalized spacial score (nSPS) is 12.5. The molecule has 2 N–H and O–H groups in total. The molecule has 2 heterocycles. The van der Waals surface area contributed by atoms with Gasteiger partial charge >= 0.3 is 0 Å². The molecule has 3 aromatic rings. The summed E-state index contributed by atoms with van der Waals surface area (Å²) in [7, 11) is 0. The van der Waals surface area contributed by atoms with Crippen molar-refractivity contribution in [2.24, 2.45) is 5.73 Å². The first-order valence-electron chi connectivity index (χ1n) is 6.02.